The molecule has 8 heteroatoms. The number of amides is 2. The van der Waals surface area contributed by atoms with E-state index in [1.807, 2.05) is 31.2 Å². The Morgan fingerprint density at radius 3 is 2.64 bits per heavy atom. The smallest absolute Gasteiger partial charge is 0.224 e. The van der Waals surface area contributed by atoms with Gasteiger partial charge in [0.05, 0.1) is 19.1 Å². The second-order valence-corrected chi connectivity index (χ2v) is 6.59. The van der Waals surface area contributed by atoms with E-state index >= 15 is 0 Å². The molecule has 0 aromatic heterocycles. The van der Waals surface area contributed by atoms with Crippen molar-refractivity contribution < 1.29 is 19.1 Å². The number of piperidine rings is 1. The van der Waals surface area contributed by atoms with Crippen LogP contribution in [-0.2, 0) is 9.59 Å². The van der Waals surface area contributed by atoms with Crippen LogP contribution >= 0.6 is 12.4 Å². The molecule has 28 heavy (non-hydrogen) atoms. The van der Waals surface area contributed by atoms with E-state index in [1.165, 1.54) is 0 Å². The minimum absolute atomic E-state index is 0. The van der Waals surface area contributed by atoms with Crippen LogP contribution in [0.5, 0.6) is 11.5 Å². The Hall–Kier alpha value is -1.99. The van der Waals surface area contributed by atoms with Crippen molar-refractivity contribution in [1.82, 2.24) is 10.2 Å². The van der Waals surface area contributed by atoms with Crippen LogP contribution in [0.1, 0.15) is 32.6 Å². The first-order valence-electron chi connectivity index (χ1n) is 9.75. The zero-order valence-electron chi connectivity index (χ0n) is 16.5. The quantitative estimate of drug-likeness (QED) is 0.572. The summed E-state index contributed by atoms with van der Waals surface area (Å²) >= 11 is 0. The van der Waals surface area contributed by atoms with E-state index in [0.29, 0.717) is 63.7 Å². The van der Waals surface area contributed by atoms with Crippen molar-refractivity contribution in [3.05, 3.63) is 24.3 Å². The minimum Gasteiger partial charge on any atom is -0.490 e. The van der Waals surface area contributed by atoms with Gasteiger partial charge in [0.1, 0.15) is 0 Å². The molecule has 158 valence electrons. The molecule has 1 saturated heterocycles. The number of carbonyl (C=O) groups excluding carboxylic acids is 2. The number of halogens is 1. The molecule has 0 aliphatic carbocycles. The van der Waals surface area contributed by atoms with E-state index in [1.54, 1.807) is 4.90 Å². The fraction of sp³-hybridized carbons (Fsp3) is 0.600. The summed E-state index contributed by atoms with van der Waals surface area (Å²) < 4.78 is 11.3. The largest absolute Gasteiger partial charge is 0.490 e. The van der Waals surface area contributed by atoms with E-state index in [2.05, 4.69) is 5.32 Å². The number of hydrogen-bond acceptors (Lipinski definition) is 5. The van der Waals surface area contributed by atoms with Crippen LogP contribution in [0.4, 0.5) is 0 Å². The maximum absolute atomic E-state index is 12.5. The number of likely N-dealkylation sites (tertiary alicyclic amines) is 1. The normalized spacial score (nSPS) is 16.1. The van der Waals surface area contributed by atoms with Gasteiger partial charge in [0.2, 0.25) is 11.8 Å². The van der Waals surface area contributed by atoms with E-state index in [9.17, 15) is 9.59 Å². The molecule has 1 aromatic rings. The number of hydrogen-bond donors (Lipinski definition) is 2. The van der Waals surface area contributed by atoms with Gasteiger partial charge in [-0.1, -0.05) is 12.1 Å². The van der Waals surface area contributed by atoms with Gasteiger partial charge in [0.15, 0.2) is 11.5 Å². The van der Waals surface area contributed by atoms with Crippen LogP contribution in [0.25, 0.3) is 0 Å². The Bertz CT molecular complexity index is 615. The molecule has 1 heterocycles. The summed E-state index contributed by atoms with van der Waals surface area (Å²) in [5, 5.41) is 2.81. The van der Waals surface area contributed by atoms with Gasteiger partial charge in [0, 0.05) is 32.6 Å². The maximum atomic E-state index is 12.5. The van der Waals surface area contributed by atoms with Crippen molar-refractivity contribution >= 4 is 24.2 Å². The van der Waals surface area contributed by atoms with E-state index < -0.39 is 0 Å². The van der Waals surface area contributed by atoms with E-state index in [0.717, 1.165) is 12.8 Å². The summed E-state index contributed by atoms with van der Waals surface area (Å²) in [6, 6.07) is 7.53. The Balaban J connectivity index is 0.00000392. The van der Waals surface area contributed by atoms with Crippen LogP contribution in [0.2, 0.25) is 0 Å². The Labute approximate surface area is 173 Å². The first kappa shape index (κ1) is 24.0. The fourth-order valence-electron chi connectivity index (χ4n) is 3.17. The van der Waals surface area contributed by atoms with Crippen molar-refractivity contribution in [1.29, 1.82) is 0 Å². The number of nitrogens with two attached hydrogens (primary N) is 1. The molecule has 1 aliphatic heterocycles. The third kappa shape index (κ3) is 7.56. The SMILES string of the molecule is CCOc1ccccc1OCCCC(=O)N1CCCC(C(=O)NCCN)C1.Cl. The lowest BCUT2D eigenvalue weighted by Gasteiger charge is -2.32. The van der Waals surface area contributed by atoms with Gasteiger partial charge in [-0.2, -0.15) is 0 Å². The molecule has 0 saturated carbocycles. The highest BCUT2D eigenvalue weighted by atomic mass is 35.5. The molecule has 0 radical (unpaired) electrons. The average Bonchev–Trinajstić information content (AvgIpc) is 2.70. The van der Waals surface area contributed by atoms with Gasteiger partial charge in [-0.3, -0.25) is 9.59 Å². The number of rotatable bonds is 10. The second-order valence-electron chi connectivity index (χ2n) is 6.59. The van der Waals surface area contributed by atoms with Gasteiger partial charge in [-0.15, -0.1) is 12.4 Å². The third-order valence-electron chi connectivity index (χ3n) is 4.53. The van der Waals surface area contributed by atoms with Crippen LogP contribution in [0.3, 0.4) is 0 Å². The lowest BCUT2D eigenvalue weighted by atomic mass is 9.96. The predicted octanol–water partition coefficient (Wildman–Crippen LogP) is 1.98. The highest BCUT2D eigenvalue weighted by molar-refractivity contribution is 5.85. The number of para-hydroxylation sites is 2. The second kappa shape index (κ2) is 13.2. The lowest BCUT2D eigenvalue weighted by Crippen LogP contribution is -2.46. The van der Waals surface area contributed by atoms with Crippen molar-refractivity contribution in [3.63, 3.8) is 0 Å². The summed E-state index contributed by atoms with van der Waals surface area (Å²) in [5.74, 6) is 1.35. The van der Waals surface area contributed by atoms with E-state index in [4.69, 9.17) is 15.2 Å². The summed E-state index contributed by atoms with van der Waals surface area (Å²) in [5.41, 5.74) is 5.42. The highest BCUT2D eigenvalue weighted by Crippen LogP contribution is 2.26. The molecular weight excluding hydrogens is 382 g/mol. The van der Waals surface area contributed by atoms with Crippen molar-refractivity contribution in [3.8, 4) is 11.5 Å². The molecule has 2 amide bonds. The molecule has 1 atom stereocenters. The molecule has 0 spiro atoms. The van der Waals surface area contributed by atoms with Crippen LogP contribution in [-0.4, -0.2) is 56.1 Å². The Morgan fingerprint density at radius 2 is 1.96 bits per heavy atom. The van der Waals surface area contributed by atoms with Crippen LogP contribution < -0.4 is 20.5 Å². The number of carbonyl (C=O) groups is 2. The molecule has 1 aliphatic rings. The summed E-state index contributed by atoms with van der Waals surface area (Å²) in [4.78, 5) is 26.3. The predicted molar refractivity (Wildman–Crippen MR) is 111 cm³/mol. The Morgan fingerprint density at radius 1 is 1.25 bits per heavy atom. The fourth-order valence-corrected chi connectivity index (χ4v) is 3.17. The summed E-state index contributed by atoms with van der Waals surface area (Å²) in [6.07, 6.45) is 2.70. The molecule has 1 fully saturated rings. The zero-order valence-corrected chi connectivity index (χ0v) is 17.3. The molecule has 7 nitrogen and oxygen atoms in total. The van der Waals surface area contributed by atoms with Crippen molar-refractivity contribution in [2.45, 2.75) is 32.6 Å². The number of ether oxygens (including phenoxy) is 2. The standard InChI is InChI=1S/C20H31N3O4.ClH/c1-2-26-17-8-3-4-9-18(17)27-14-6-10-19(24)23-13-5-7-16(15-23)20(25)22-12-11-21;/h3-4,8-9,16H,2,5-7,10-15,21H2,1H3,(H,22,25);1H. The van der Waals surface area contributed by atoms with Crippen molar-refractivity contribution in [2.75, 3.05) is 39.4 Å². The van der Waals surface area contributed by atoms with Gasteiger partial charge in [-0.25, -0.2) is 0 Å². The van der Waals surface area contributed by atoms with E-state index in [-0.39, 0.29) is 30.1 Å². The van der Waals surface area contributed by atoms with Gasteiger partial charge < -0.3 is 25.4 Å². The topological polar surface area (TPSA) is 93.9 Å². The lowest BCUT2D eigenvalue weighted by molar-refractivity contribution is -0.135. The summed E-state index contributed by atoms with van der Waals surface area (Å²) in [6.45, 7) is 5.06. The number of nitrogens with one attached hydrogen (secondary N) is 1. The molecule has 3 N–H and O–H groups in total. The number of nitrogens with zero attached hydrogens (tertiary/aromatic N) is 1. The molecule has 2 rings (SSSR count). The third-order valence-corrected chi connectivity index (χ3v) is 4.53. The maximum Gasteiger partial charge on any atom is 0.224 e. The monoisotopic (exact) mass is 413 g/mol. The van der Waals surface area contributed by atoms with Gasteiger partial charge >= 0.3 is 0 Å². The molecule has 1 unspecified atom stereocenters. The van der Waals surface area contributed by atoms with Crippen molar-refractivity contribution in [2.24, 2.45) is 11.7 Å². The van der Waals surface area contributed by atoms with Crippen LogP contribution in [0, 0.1) is 5.92 Å². The molecular formula is C20H32ClN3O4. The zero-order chi connectivity index (χ0) is 19.5. The van der Waals surface area contributed by atoms with Gasteiger partial charge in [0.25, 0.3) is 0 Å². The molecule has 0 bridgehead atoms. The highest BCUT2D eigenvalue weighted by Gasteiger charge is 2.27. The first-order chi connectivity index (χ1) is 13.2. The van der Waals surface area contributed by atoms with Gasteiger partial charge in [-0.05, 0) is 38.3 Å². The number of benzene rings is 1. The average molecular weight is 414 g/mol. The summed E-state index contributed by atoms with van der Waals surface area (Å²) in [7, 11) is 0. The first-order valence-corrected chi connectivity index (χ1v) is 9.75. The Kier molecular flexibility index (Phi) is 11.4. The van der Waals surface area contributed by atoms with Crippen LogP contribution in [0.15, 0.2) is 24.3 Å². The minimum atomic E-state index is -0.136. The molecule has 1 aromatic carbocycles.